The summed E-state index contributed by atoms with van der Waals surface area (Å²) in [5.74, 6) is 1.26. The SMILES string of the molecule is ClCCN(CCCl)Cc1ccccc1-c1ccccc1. The van der Waals surface area contributed by atoms with Crippen LogP contribution in [0.15, 0.2) is 54.6 Å². The Morgan fingerprint density at radius 1 is 0.750 bits per heavy atom. The first kappa shape index (κ1) is 15.4. The lowest BCUT2D eigenvalue weighted by Crippen LogP contribution is -2.27. The molecule has 0 bridgehead atoms. The maximum absolute atomic E-state index is 5.87. The third-order valence-corrected chi connectivity index (χ3v) is 3.64. The van der Waals surface area contributed by atoms with E-state index < -0.39 is 0 Å². The molecule has 0 saturated heterocycles. The minimum Gasteiger partial charge on any atom is -0.297 e. The van der Waals surface area contributed by atoms with Crippen molar-refractivity contribution in [3.05, 3.63) is 60.2 Å². The van der Waals surface area contributed by atoms with Gasteiger partial charge in [0.05, 0.1) is 0 Å². The fourth-order valence-electron chi connectivity index (χ4n) is 2.31. The fraction of sp³-hybridized carbons (Fsp3) is 0.294. The van der Waals surface area contributed by atoms with Gasteiger partial charge in [0.25, 0.3) is 0 Å². The molecule has 2 aromatic rings. The quantitative estimate of drug-likeness (QED) is 0.674. The second-order valence-electron chi connectivity index (χ2n) is 4.68. The molecule has 0 atom stereocenters. The predicted molar refractivity (Wildman–Crippen MR) is 88.6 cm³/mol. The minimum absolute atomic E-state index is 0.629. The van der Waals surface area contributed by atoms with Gasteiger partial charge in [0, 0.05) is 31.4 Å². The van der Waals surface area contributed by atoms with Gasteiger partial charge in [-0.2, -0.15) is 0 Å². The Balaban J connectivity index is 2.23. The summed E-state index contributed by atoms with van der Waals surface area (Å²) in [6.07, 6.45) is 0. The molecule has 2 rings (SSSR count). The number of benzene rings is 2. The number of rotatable bonds is 7. The van der Waals surface area contributed by atoms with Gasteiger partial charge >= 0.3 is 0 Å². The average molecular weight is 308 g/mol. The molecule has 20 heavy (non-hydrogen) atoms. The standard InChI is InChI=1S/C17H19Cl2N/c18-10-12-20(13-11-19)14-16-8-4-5-9-17(16)15-6-2-1-3-7-15/h1-9H,10-14H2. The zero-order valence-electron chi connectivity index (χ0n) is 11.4. The molecule has 0 spiro atoms. The van der Waals surface area contributed by atoms with E-state index in [4.69, 9.17) is 23.2 Å². The van der Waals surface area contributed by atoms with Gasteiger partial charge in [-0.25, -0.2) is 0 Å². The highest BCUT2D eigenvalue weighted by molar-refractivity contribution is 6.18. The summed E-state index contributed by atoms with van der Waals surface area (Å²) in [4.78, 5) is 2.29. The zero-order valence-corrected chi connectivity index (χ0v) is 12.9. The van der Waals surface area contributed by atoms with E-state index in [0.29, 0.717) is 11.8 Å². The largest absolute Gasteiger partial charge is 0.297 e. The summed E-state index contributed by atoms with van der Waals surface area (Å²) >= 11 is 11.7. The first-order chi connectivity index (χ1) is 9.85. The lowest BCUT2D eigenvalue weighted by molar-refractivity contribution is 0.300. The first-order valence-electron chi connectivity index (χ1n) is 6.82. The summed E-state index contributed by atoms with van der Waals surface area (Å²) in [7, 11) is 0. The monoisotopic (exact) mass is 307 g/mol. The van der Waals surface area contributed by atoms with Crippen LogP contribution >= 0.6 is 23.2 Å². The zero-order chi connectivity index (χ0) is 14.2. The van der Waals surface area contributed by atoms with Gasteiger partial charge in [0.2, 0.25) is 0 Å². The average Bonchev–Trinajstić information content (AvgIpc) is 2.49. The van der Waals surface area contributed by atoms with Crippen molar-refractivity contribution in [2.45, 2.75) is 6.54 Å². The molecule has 0 unspecified atom stereocenters. The van der Waals surface area contributed by atoms with Crippen LogP contribution in [0.1, 0.15) is 5.56 Å². The van der Waals surface area contributed by atoms with Crippen molar-refractivity contribution in [2.24, 2.45) is 0 Å². The van der Waals surface area contributed by atoms with Gasteiger partial charge < -0.3 is 0 Å². The summed E-state index contributed by atoms with van der Waals surface area (Å²) in [5.41, 5.74) is 3.84. The second-order valence-corrected chi connectivity index (χ2v) is 5.43. The predicted octanol–water partition coefficient (Wildman–Crippen LogP) is 4.63. The number of hydrogen-bond donors (Lipinski definition) is 0. The van der Waals surface area contributed by atoms with Crippen molar-refractivity contribution < 1.29 is 0 Å². The Hall–Kier alpha value is -1.02. The summed E-state index contributed by atoms with van der Waals surface area (Å²) in [6, 6.07) is 19.0. The van der Waals surface area contributed by atoms with Crippen LogP contribution in [0.5, 0.6) is 0 Å². The third-order valence-electron chi connectivity index (χ3n) is 3.30. The molecule has 0 fully saturated rings. The minimum atomic E-state index is 0.629. The molecule has 0 saturated carbocycles. The normalized spacial score (nSPS) is 10.9. The van der Waals surface area contributed by atoms with Gasteiger partial charge in [-0.15, -0.1) is 23.2 Å². The highest BCUT2D eigenvalue weighted by Crippen LogP contribution is 2.24. The lowest BCUT2D eigenvalue weighted by atomic mass is 9.99. The molecule has 0 aliphatic carbocycles. The van der Waals surface area contributed by atoms with E-state index in [9.17, 15) is 0 Å². The van der Waals surface area contributed by atoms with Crippen LogP contribution in [0.25, 0.3) is 11.1 Å². The molecule has 2 aromatic carbocycles. The van der Waals surface area contributed by atoms with E-state index in [1.165, 1.54) is 16.7 Å². The first-order valence-corrected chi connectivity index (χ1v) is 7.89. The molecular formula is C17H19Cl2N. The van der Waals surface area contributed by atoms with Gasteiger partial charge in [-0.3, -0.25) is 4.90 Å². The van der Waals surface area contributed by atoms with Crippen molar-refractivity contribution in [1.82, 2.24) is 4.90 Å². The number of alkyl halides is 2. The maximum atomic E-state index is 5.87. The molecule has 0 aromatic heterocycles. The topological polar surface area (TPSA) is 3.24 Å². The Bertz CT molecular complexity index is 507. The smallest absolute Gasteiger partial charge is 0.0351 e. The molecule has 0 N–H and O–H groups in total. The second kappa shape index (κ2) is 8.31. The van der Waals surface area contributed by atoms with Crippen LogP contribution in [0, 0.1) is 0 Å². The van der Waals surface area contributed by atoms with Crippen molar-refractivity contribution in [3.8, 4) is 11.1 Å². The number of hydrogen-bond acceptors (Lipinski definition) is 1. The van der Waals surface area contributed by atoms with Gasteiger partial charge in [0.1, 0.15) is 0 Å². The molecule has 1 nitrogen and oxygen atoms in total. The van der Waals surface area contributed by atoms with Gasteiger partial charge in [-0.05, 0) is 16.7 Å². The lowest BCUT2D eigenvalue weighted by Gasteiger charge is -2.21. The molecule has 0 radical (unpaired) electrons. The molecule has 0 heterocycles. The van der Waals surface area contributed by atoms with Crippen LogP contribution in [0.3, 0.4) is 0 Å². The Morgan fingerprint density at radius 3 is 2.00 bits per heavy atom. The van der Waals surface area contributed by atoms with E-state index in [0.717, 1.165) is 19.6 Å². The molecule has 0 aliphatic rings. The third kappa shape index (κ3) is 4.24. The number of halogens is 2. The Labute approximate surface area is 131 Å². The summed E-state index contributed by atoms with van der Waals surface area (Å²) in [6.45, 7) is 2.60. The summed E-state index contributed by atoms with van der Waals surface area (Å²) in [5, 5.41) is 0. The highest BCUT2D eigenvalue weighted by atomic mass is 35.5. The van der Waals surface area contributed by atoms with Crippen LogP contribution in [-0.4, -0.2) is 29.7 Å². The van der Waals surface area contributed by atoms with Crippen molar-refractivity contribution >= 4 is 23.2 Å². The number of nitrogens with zero attached hydrogens (tertiary/aromatic N) is 1. The molecular weight excluding hydrogens is 289 g/mol. The molecule has 3 heteroatoms. The van der Waals surface area contributed by atoms with Crippen LogP contribution in [0.4, 0.5) is 0 Å². The fourth-order valence-corrected chi connectivity index (χ4v) is 2.79. The van der Waals surface area contributed by atoms with E-state index in [2.05, 4.69) is 53.4 Å². The highest BCUT2D eigenvalue weighted by Gasteiger charge is 2.09. The van der Waals surface area contributed by atoms with Crippen molar-refractivity contribution in [3.63, 3.8) is 0 Å². The molecule has 106 valence electrons. The van der Waals surface area contributed by atoms with E-state index in [1.54, 1.807) is 0 Å². The molecule has 0 aliphatic heterocycles. The Kier molecular flexibility index (Phi) is 6.38. The van der Waals surface area contributed by atoms with Gasteiger partial charge in [-0.1, -0.05) is 54.6 Å². The van der Waals surface area contributed by atoms with Crippen molar-refractivity contribution in [1.29, 1.82) is 0 Å². The van der Waals surface area contributed by atoms with Crippen LogP contribution in [-0.2, 0) is 6.54 Å². The van der Waals surface area contributed by atoms with E-state index in [-0.39, 0.29) is 0 Å². The van der Waals surface area contributed by atoms with Crippen molar-refractivity contribution in [2.75, 3.05) is 24.8 Å². The van der Waals surface area contributed by atoms with Gasteiger partial charge in [0.15, 0.2) is 0 Å². The van der Waals surface area contributed by atoms with E-state index in [1.807, 2.05) is 6.07 Å². The van der Waals surface area contributed by atoms with Crippen LogP contribution in [0.2, 0.25) is 0 Å². The molecule has 0 amide bonds. The summed E-state index contributed by atoms with van der Waals surface area (Å²) < 4.78 is 0. The van der Waals surface area contributed by atoms with E-state index >= 15 is 0 Å². The Morgan fingerprint density at radius 2 is 1.35 bits per heavy atom. The maximum Gasteiger partial charge on any atom is 0.0351 e. The van der Waals surface area contributed by atoms with Crippen LogP contribution < -0.4 is 0 Å².